The number of fused-ring (bicyclic) bond motifs is 6. The van der Waals surface area contributed by atoms with Crippen molar-refractivity contribution in [3.05, 3.63) is 54.6 Å². The molecule has 2 heterocycles. The Morgan fingerprint density at radius 2 is 1.57 bits per heavy atom. The van der Waals surface area contributed by atoms with Gasteiger partial charge < -0.3 is 5.11 Å². The van der Waals surface area contributed by atoms with Crippen LogP contribution in [0.25, 0.3) is 21.3 Å². The molecule has 28 heavy (non-hydrogen) atoms. The van der Waals surface area contributed by atoms with Gasteiger partial charge in [0.05, 0.1) is 22.1 Å². The number of aromatic nitrogens is 1. The number of benzene rings is 2. The van der Waals surface area contributed by atoms with Gasteiger partial charge in [-0.25, -0.2) is 9.88 Å². The number of carbonyl (C=O) groups excluding carboxylic acids is 2. The number of allylic oxidation sites excluding steroid dienone is 2. The smallest absolute Gasteiger partial charge is 0.240 e. The molecule has 1 aliphatic heterocycles. The molecule has 6 rings (SSSR count). The second-order valence-electron chi connectivity index (χ2n) is 7.74. The Morgan fingerprint density at radius 3 is 2.25 bits per heavy atom. The van der Waals surface area contributed by atoms with Crippen LogP contribution in [0.4, 0.5) is 5.13 Å². The number of amides is 2. The summed E-state index contributed by atoms with van der Waals surface area (Å²) in [5.41, 5.74) is 2.77. The lowest BCUT2D eigenvalue weighted by Crippen LogP contribution is -2.32. The molecule has 1 aromatic heterocycles. The minimum absolute atomic E-state index is 0.0929. The van der Waals surface area contributed by atoms with Gasteiger partial charge in [-0.2, -0.15) is 0 Å². The monoisotopic (exact) mass is 388 g/mol. The first kappa shape index (κ1) is 16.0. The number of anilines is 1. The van der Waals surface area contributed by atoms with Crippen LogP contribution in [0.1, 0.15) is 6.42 Å². The third-order valence-corrected chi connectivity index (χ3v) is 7.24. The first-order valence-electron chi connectivity index (χ1n) is 9.36. The van der Waals surface area contributed by atoms with E-state index >= 15 is 0 Å². The summed E-state index contributed by atoms with van der Waals surface area (Å²) in [5, 5.41) is 9.95. The highest BCUT2D eigenvalue weighted by atomic mass is 32.1. The van der Waals surface area contributed by atoms with Crippen LogP contribution in [0.2, 0.25) is 0 Å². The van der Waals surface area contributed by atoms with E-state index in [1.807, 2.05) is 30.3 Å². The average molecular weight is 388 g/mol. The zero-order valence-electron chi connectivity index (χ0n) is 14.8. The summed E-state index contributed by atoms with van der Waals surface area (Å²) in [6.45, 7) is 0. The third kappa shape index (κ3) is 2.09. The molecular formula is C22H16N2O3S. The van der Waals surface area contributed by atoms with E-state index in [1.54, 1.807) is 12.1 Å². The van der Waals surface area contributed by atoms with Crippen LogP contribution >= 0.6 is 11.3 Å². The fourth-order valence-electron chi connectivity index (χ4n) is 4.93. The Morgan fingerprint density at radius 1 is 0.929 bits per heavy atom. The van der Waals surface area contributed by atoms with E-state index in [2.05, 4.69) is 17.1 Å². The van der Waals surface area contributed by atoms with E-state index in [4.69, 9.17) is 0 Å². The summed E-state index contributed by atoms with van der Waals surface area (Å²) in [4.78, 5) is 31.9. The van der Waals surface area contributed by atoms with Crippen LogP contribution in [0.3, 0.4) is 0 Å². The van der Waals surface area contributed by atoms with Crippen LogP contribution in [-0.2, 0) is 9.59 Å². The lowest BCUT2D eigenvalue weighted by atomic mass is 9.85. The maximum Gasteiger partial charge on any atom is 0.240 e. The number of aromatic hydroxyl groups is 1. The van der Waals surface area contributed by atoms with Crippen LogP contribution < -0.4 is 4.90 Å². The molecule has 0 radical (unpaired) electrons. The molecule has 2 aromatic carbocycles. The topological polar surface area (TPSA) is 70.5 Å². The highest BCUT2D eigenvalue weighted by molar-refractivity contribution is 7.22. The van der Waals surface area contributed by atoms with E-state index in [-0.39, 0.29) is 41.2 Å². The predicted molar refractivity (Wildman–Crippen MR) is 107 cm³/mol. The Kier molecular flexibility index (Phi) is 3.15. The van der Waals surface area contributed by atoms with Crippen LogP contribution in [0.15, 0.2) is 54.6 Å². The standard InChI is InChI=1S/C22H16N2O3S/c25-15-6-3-11(4-7-15)12-5-8-16-17(10-12)28-22(23-16)24-20(26)18-13-1-2-14(9-13)19(18)21(24)27/h1-8,10,13-14,18-19,25H,9H2/t13?,14?,18-,19+. The summed E-state index contributed by atoms with van der Waals surface area (Å²) >= 11 is 1.38. The molecule has 1 N–H and O–H groups in total. The molecule has 2 fully saturated rings. The Balaban J connectivity index is 1.38. The summed E-state index contributed by atoms with van der Waals surface area (Å²) in [5.74, 6) is 0.0299. The predicted octanol–water partition coefficient (Wildman–Crippen LogP) is 3.98. The summed E-state index contributed by atoms with van der Waals surface area (Å²) in [6, 6.07) is 12.9. The number of carbonyl (C=O) groups is 2. The molecule has 2 aliphatic carbocycles. The van der Waals surface area contributed by atoms with Gasteiger partial charge in [-0.15, -0.1) is 0 Å². The van der Waals surface area contributed by atoms with Gasteiger partial charge in [-0.3, -0.25) is 9.59 Å². The van der Waals surface area contributed by atoms with Crippen molar-refractivity contribution in [1.82, 2.24) is 4.98 Å². The average Bonchev–Trinajstić information content (AvgIpc) is 3.44. The minimum atomic E-state index is -0.206. The SMILES string of the molecule is O=C1[C@@H]2C3C=CC(C3)[C@@H]2C(=O)N1c1nc2ccc(-c3ccc(O)cc3)cc2s1. The molecule has 3 aliphatic rings. The van der Waals surface area contributed by atoms with Crippen molar-refractivity contribution < 1.29 is 14.7 Å². The number of rotatable bonds is 2. The number of nitrogens with zero attached hydrogens (tertiary/aromatic N) is 2. The highest BCUT2D eigenvalue weighted by Gasteiger charge is 2.60. The maximum absolute atomic E-state index is 13.0. The van der Waals surface area contributed by atoms with E-state index in [0.29, 0.717) is 5.13 Å². The van der Waals surface area contributed by atoms with Crippen molar-refractivity contribution in [3.63, 3.8) is 0 Å². The Bertz CT molecular complexity index is 1150. The Labute approximate surface area is 164 Å². The lowest BCUT2D eigenvalue weighted by molar-refractivity contribution is -0.123. The fourth-order valence-corrected chi connectivity index (χ4v) is 5.95. The van der Waals surface area contributed by atoms with Crippen molar-refractivity contribution in [1.29, 1.82) is 0 Å². The maximum atomic E-state index is 13.0. The summed E-state index contributed by atoms with van der Waals surface area (Å²) in [6.07, 6.45) is 5.13. The van der Waals surface area contributed by atoms with Crippen molar-refractivity contribution >= 4 is 38.5 Å². The molecule has 4 atom stereocenters. The number of phenols is 1. The van der Waals surface area contributed by atoms with Crippen molar-refractivity contribution in [3.8, 4) is 16.9 Å². The second-order valence-corrected chi connectivity index (χ2v) is 8.75. The molecule has 6 heteroatoms. The molecule has 1 saturated heterocycles. The third-order valence-electron chi connectivity index (χ3n) is 6.24. The first-order chi connectivity index (χ1) is 13.6. The van der Waals surface area contributed by atoms with Gasteiger partial charge in [0.1, 0.15) is 5.75 Å². The van der Waals surface area contributed by atoms with Crippen LogP contribution in [0.5, 0.6) is 5.75 Å². The molecule has 2 amide bonds. The van der Waals surface area contributed by atoms with E-state index in [1.165, 1.54) is 16.2 Å². The fraction of sp³-hybridized carbons (Fsp3) is 0.227. The molecule has 1 saturated carbocycles. The number of hydrogen-bond donors (Lipinski definition) is 1. The first-order valence-corrected chi connectivity index (χ1v) is 10.2. The largest absolute Gasteiger partial charge is 0.508 e. The van der Waals surface area contributed by atoms with Crippen molar-refractivity contribution in [2.45, 2.75) is 6.42 Å². The van der Waals surface area contributed by atoms with E-state index < -0.39 is 0 Å². The van der Waals surface area contributed by atoms with Gasteiger partial charge >= 0.3 is 0 Å². The Hall–Kier alpha value is -2.99. The van der Waals surface area contributed by atoms with E-state index in [0.717, 1.165) is 27.8 Å². The van der Waals surface area contributed by atoms with Crippen molar-refractivity contribution in [2.24, 2.45) is 23.7 Å². The molecule has 138 valence electrons. The second kappa shape index (κ2) is 5.52. The normalized spacial score (nSPS) is 27.9. The van der Waals surface area contributed by atoms with Gasteiger partial charge in [-0.1, -0.05) is 41.7 Å². The number of imide groups is 1. The quantitative estimate of drug-likeness (QED) is 0.532. The zero-order chi connectivity index (χ0) is 19.0. The molecule has 5 nitrogen and oxygen atoms in total. The number of phenolic OH excluding ortho intramolecular Hbond substituents is 1. The van der Waals surface area contributed by atoms with Crippen molar-refractivity contribution in [2.75, 3.05) is 4.90 Å². The number of thiazole rings is 1. The lowest BCUT2D eigenvalue weighted by Gasteiger charge is -2.14. The molecule has 2 bridgehead atoms. The van der Waals surface area contributed by atoms with Crippen LogP contribution in [-0.4, -0.2) is 21.9 Å². The molecule has 2 unspecified atom stereocenters. The van der Waals surface area contributed by atoms with Gasteiger partial charge in [-0.05, 0) is 53.6 Å². The van der Waals surface area contributed by atoms with E-state index in [9.17, 15) is 14.7 Å². The minimum Gasteiger partial charge on any atom is -0.508 e. The highest BCUT2D eigenvalue weighted by Crippen LogP contribution is 2.53. The van der Waals surface area contributed by atoms with Gasteiger partial charge in [0.15, 0.2) is 5.13 Å². The zero-order valence-corrected chi connectivity index (χ0v) is 15.6. The summed E-state index contributed by atoms with van der Waals surface area (Å²) < 4.78 is 0.930. The van der Waals surface area contributed by atoms with Crippen LogP contribution in [0, 0.1) is 23.7 Å². The number of hydrogen-bond acceptors (Lipinski definition) is 5. The molecule has 3 aromatic rings. The van der Waals surface area contributed by atoms with Gasteiger partial charge in [0.2, 0.25) is 11.8 Å². The van der Waals surface area contributed by atoms with Gasteiger partial charge in [0.25, 0.3) is 0 Å². The molecule has 0 spiro atoms. The molecular weight excluding hydrogens is 372 g/mol. The van der Waals surface area contributed by atoms with Gasteiger partial charge in [0, 0.05) is 0 Å². The summed E-state index contributed by atoms with van der Waals surface area (Å²) in [7, 11) is 0.